The highest BCUT2D eigenvalue weighted by Gasteiger charge is 2.10. The first kappa shape index (κ1) is 10.2. The van der Waals surface area contributed by atoms with Gasteiger partial charge >= 0.3 is 5.97 Å². The summed E-state index contributed by atoms with van der Waals surface area (Å²) in [6, 6.07) is 6.56. The van der Waals surface area contributed by atoms with Crippen molar-refractivity contribution in [3.8, 4) is 0 Å². The highest BCUT2D eigenvalue weighted by molar-refractivity contribution is 5.96. The minimum absolute atomic E-state index is 0.201. The second kappa shape index (κ2) is 4.41. The van der Waals surface area contributed by atoms with Gasteiger partial charge in [-0.25, -0.2) is 4.79 Å². The summed E-state index contributed by atoms with van der Waals surface area (Å²) in [5.74, 6) is -0.772. The van der Waals surface area contributed by atoms with Gasteiger partial charge in [-0.05, 0) is 19.1 Å². The predicted octanol–water partition coefficient (Wildman–Crippen LogP) is 1.01. The van der Waals surface area contributed by atoms with Gasteiger partial charge in [-0.1, -0.05) is 12.1 Å². The van der Waals surface area contributed by atoms with Crippen molar-refractivity contribution in [2.75, 3.05) is 12.3 Å². The van der Waals surface area contributed by atoms with E-state index >= 15 is 0 Å². The molecule has 1 aromatic carbocycles. The van der Waals surface area contributed by atoms with Crippen LogP contribution in [0.25, 0.3) is 0 Å². The molecular weight excluding hydrogens is 182 g/mol. The predicted molar refractivity (Wildman–Crippen MR) is 51.8 cm³/mol. The monoisotopic (exact) mass is 193 g/mol. The first-order valence-corrected chi connectivity index (χ1v) is 4.12. The van der Waals surface area contributed by atoms with Crippen LogP contribution >= 0.6 is 0 Å². The van der Waals surface area contributed by atoms with Crippen molar-refractivity contribution in [2.24, 2.45) is 0 Å². The summed E-state index contributed by atoms with van der Waals surface area (Å²) in [4.78, 5) is 21.9. The highest BCUT2D eigenvalue weighted by atomic mass is 16.5. The third-order valence-electron chi connectivity index (χ3n) is 1.59. The lowest BCUT2D eigenvalue weighted by atomic mass is 10.2. The molecule has 0 aromatic heterocycles. The molecule has 0 bridgehead atoms. The highest BCUT2D eigenvalue weighted by Crippen LogP contribution is 2.11. The number of nitrogens with two attached hydrogens (primary N) is 1. The zero-order valence-corrected chi connectivity index (χ0v) is 7.82. The number of ketones is 1. The van der Waals surface area contributed by atoms with E-state index in [9.17, 15) is 9.59 Å². The van der Waals surface area contributed by atoms with Gasteiger partial charge in [0.1, 0.15) is 6.61 Å². The molecule has 0 amide bonds. The summed E-state index contributed by atoms with van der Waals surface area (Å²) in [7, 11) is 0. The van der Waals surface area contributed by atoms with Gasteiger partial charge in [-0.3, -0.25) is 4.79 Å². The zero-order valence-electron chi connectivity index (χ0n) is 7.82. The average molecular weight is 193 g/mol. The van der Waals surface area contributed by atoms with Crippen molar-refractivity contribution in [3.63, 3.8) is 0 Å². The van der Waals surface area contributed by atoms with E-state index in [1.165, 1.54) is 6.92 Å². The SMILES string of the molecule is CC(=O)COC(=O)c1ccccc1N. The smallest absolute Gasteiger partial charge is 0.340 e. The summed E-state index contributed by atoms with van der Waals surface area (Å²) in [5.41, 5.74) is 6.18. The van der Waals surface area contributed by atoms with Gasteiger partial charge in [-0.2, -0.15) is 0 Å². The van der Waals surface area contributed by atoms with Crippen LogP contribution in [0.1, 0.15) is 17.3 Å². The maximum absolute atomic E-state index is 11.3. The third-order valence-corrected chi connectivity index (χ3v) is 1.59. The second-order valence-electron chi connectivity index (χ2n) is 2.87. The van der Waals surface area contributed by atoms with Crippen molar-refractivity contribution in [1.29, 1.82) is 0 Å². The van der Waals surface area contributed by atoms with Gasteiger partial charge in [0, 0.05) is 5.69 Å². The minimum Gasteiger partial charge on any atom is -0.454 e. The Bertz CT molecular complexity index is 360. The number of carbonyl (C=O) groups is 2. The van der Waals surface area contributed by atoms with E-state index in [0.29, 0.717) is 5.69 Å². The summed E-state index contributed by atoms with van der Waals surface area (Å²) in [5, 5.41) is 0. The molecule has 0 aliphatic carbocycles. The van der Waals surface area contributed by atoms with Crippen LogP contribution in [-0.4, -0.2) is 18.4 Å². The van der Waals surface area contributed by atoms with Crippen molar-refractivity contribution in [1.82, 2.24) is 0 Å². The Hall–Kier alpha value is -1.84. The molecule has 0 atom stereocenters. The number of benzene rings is 1. The molecule has 74 valence electrons. The third kappa shape index (κ3) is 2.58. The number of nitrogen functional groups attached to an aromatic ring is 1. The van der Waals surface area contributed by atoms with Crippen LogP contribution in [0.5, 0.6) is 0 Å². The van der Waals surface area contributed by atoms with Crippen LogP contribution in [-0.2, 0) is 9.53 Å². The molecule has 1 rings (SSSR count). The first-order valence-electron chi connectivity index (χ1n) is 4.12. The van der Waals surface area contributed by atoms with Gasteiger partial charge in [0.25, 0.3) is 0 Å². The molecular formula is C10H11NO3. The lowest BCUT2D eigenvalue weighted by Crippen LogP contribution is -2.12. The molecule has 0 heterocycles. The van der Waals surface area contributed by atoms with Crippen molar-refractivity contribution in [3.05, 3.63) is 29.8 Å². The van der Waals surface area contributed by atoms with Crippen LogP contribution in [0.2, 0.25) is 0 Å². The topological polar surface area (TPSA) is 69.4 Å². The molecule has 2 N–H and O–H groups in total. The van der Waals surface area contributed by atoms with Crippen molar-refractivity contribution >= 4 is 17.4 Å². The lowest BCUT2D eigenvalue weighted by Gasteiger charge is -2.04. The van der Waals surface area contributed by atoms with Crippen LogP contribution in [0, 0.1) is 0 Å². The Morgan fingerprint density at radius 2 is 2.00 bits per heavy atom. The van der Waals surface area contributed by atoms with Crippen LogP contribution in [0.4, 0.5) is 5.69 Å². The van der Waals surface area contributed by atoms with Gasteiger partial charge in [0.05, 0.1) is 5.56 Å². The number of anilines is 1. The number of Topliss-reactive ketones (excluding diaryl/α,β-unsaturated/α-hetero) is 1. The number of ether oxygens (including phenoxy) is 1. The molecule has 0 unspecified atom stereocenters. The fourth-order valence-corrected chi connectivity index (χ4v) is 0.928. The Kier molecular flexibility index (Phi) is 3.23. The Balaban J connectivity index is 2.70. The van der Waals surface area contributed by atoms with Gasteiger partial charge in [-0.15, -0.1) is 0 Å². The fraction of sp³-hybridized carbons (Fsp3) is 0.200. The summed E-state index contributed by atoms with van der Waals surface area (Å²) >= 11 is 0. The van der Waals surface area contributed by atoms with Gasteiger partial charge in [0.15, 0.2) is 5.78 Å². The summed E-state index contributed by atoms with van der Waals surface area (Å²) in [6.07, 6.45) is 0. The van der Waals surface area contributed by atoms with E-state index in [4.69, 9.17) is 10.5 Å². The Morgan fingerprint density at radius 3 is 2.57 bits per heavy atom. The van der Waals surface area contributed by atoms with Gasteiger partial charge in [0.2, 0.25) is 0 Å². The van der Waals surface area contributed by atoms with E-state index in [2.05, 4.69) is 0 Å². The van der Waals surface area contributed by atoms with Crippen LogP contribution < -0.4 is 5.73 Å². The molecule has 4 nitrogen and oxygen atoms in total. The number of hydrogen-bond acceptors (Lipinski definition) is 4. The maximum atomic E-state index is 11.3. The second-order valence-corrected chi connectivity index (χ2v) is 2.87. The van der Waals surface area contributed by atoms with Gasteiger partial charge < -0.3 is 10.5 Å². The normalized spacial score (nSPS) is 9.50. The Morgan fingerprint density at radius 1 is 1.36 bits per heavy atom. The van der Waals surface area contributed by atoms with Crippen LogP contribution in [0.3, 0.4) is 0 Å². The molecule has 0 aliphatic heterocycles. The molecule has 0 aliphatic rings. The van der Waals surface area contributed by atoms with Crippen molar-refractivity contribution < 1.29 is 14.3 Å². The van der Waals surface area contributed by atoms with E-state index in [1.54, 1.807) is 24.3 Å². The fourth-order valence-electron chi connectivity index (χ4n) is 0.928. The zero-order chi connectivity index (χ0) is 10.6. The number of hydrogen-bond donors (Lipinski definition) is 1. The van der Waals surface area contributed by atoms with Crippen molar-refractivity contribution in [2.45, 2.75) is 6.92 Å². The summed E-state index contributed by atoms with van der Waals surface area (Å²) in [6.45, 7) is 1.13. The number of esters is 1. The Labute approximate surface area is 81.7 Å². The summed E-state index contributed by atoms with van der Waals surface area (Å²) < 4.78 is 4.70. The standard InChI is InChI=1S/C10H11NO3/c1-7(12)6-14-10(13)8-4-2-3-5-9(8)11/h2-5H,6,11H2,1H3. The molecule has 0 fully saturated rings. The van der Waals surface area contributed by atoms with E-state index in [1.807, 2.05) is 0 Å². The number of carbonyl (C=O) groups excluding carboxylic acids is 2. The minimum atomic E-state index is -0.571. The number of rotatable bonds is 3. The molecule has 0 spiro atoms. The van der Waals surface area contributed by atoms with E-state index < -0.39 is 5.97 Å². The van der Waals surface area contributed by atoms with E-state index in [0.717, 1.165) is 0 Å². The maximum Gasteiger partial charge on any atom is 0.340 e. The van der Waals surface area contributed by atoms with Crippen LogP contribution in [0.15, 0.2) is 24.3 Å². The lowest BCUT2D eigenvalue weighted by molar-refractivity contribution is -0.120. The molecule has 14 heavy (non-hydrogen) atoms. The van der Waals surface area contributed by atoms with E-state index in [-0.39, 0.29) is 18.0 Å². The largest absolute Gasteiger partial charge is 0.454 e. The molecule has 1 aromatic rings. The molecule has 0 radical (unpaired) electrons. The quantitative estimate of drug-likeness (QED) is 0.574. The molecule has 0 saturated heterocycles. The number of para-hydroxylation sites is 1. The molecule has 4 heteroatoms. The first-order chi connectivity index (χ1) is 6.61. The molecule has 0 saturated carbocycles. The average Bonchev–Trinajstić information content (AvgIpc) is 2.15.